The molecule has 0 saturated carbocycles. The number of alkyl carbamates (subject to hydrolysis) is 1. The van der Waals surface area contributed by atoms with Crippen LogP contribution in [-0.4, -0.2) is 66.6 Å². The topological polar surface area (TPSA) is 87.7 Å². The first-order chi connectivity index (χ1) is 13.6. The van der Waals surface area contributed by atoms with E-state index in [-0.39, 0.29) is 18.4 Å². The highest BCUT2D eigenvalue weighted by molar-refractivity contribution is 7.98. The van der Waals surface area contributed by atoms with Gasteiger partial charge in [-0.1, -0.05) is 30.3 Å². The van der Waals surface area contributed by atoms with Gasteiger partial charge in [0.05, 0.1) is 0 Å². The first-order valence-corrected chi connectivity index (χ1v) is 11.1. The van der Waals surface area contributed by atoms with Gasteiger partial charge < -0.3 is 20.3 Å². The van der Waals surface area contributed by atoms with E-state index in [1.54, 1.807) is 39.6 Å². The first kappa shape index (κ1) is 24.8. The second-order valence-electron chi connectivity index (χ2n) is 7.70. The van der Waals surface area contributed by atoms with Crippen LogP contribution in [0.5, 0.6) is 0 Å². The summed E-state index contributed by atoms with van der Waals surface area (Å²) in [6.07, 6.45) is 2.61. The highest BCUT2D eigenvalue weighted by Gasteiger charge is 2.27. The fourth-order valence-corrected chi connectivity index (χ4v) is 2.98. The summed E-state index contributed by atoms with van der Waals surface area (Å²) in [7, 11) is 1.58. The number of hydrogen-bond acceptors (Lipinski definition) is 5. The normalized spacial score (nSPS) is 12.0. The van der Waals surface area contributed by atoms with Gasteiger partial charge >= 0.3 is 6.09 Å². The van der Waals surface area contributed by atoms with Crippen LogP contribution in [0.4, 0.5) is 4.79 Å². The van der Waals surface area contributed by atoms with E-state index >= 15 is 0 Å². The number of likely N-dealkylation sites (N-methyl/N-ethyl adjacent to an activating group) is 1. The van der Waals surface area contributed by atoms with Gasteiger partial charge in [-0.15, -0.1) is 0 Å². The lowest BCUT2D eigenvalue weighted by Crippen LogP contribution is -2.51. The maximum absolute atomic E-state index is 12.8. The molecule has 0 aliphatic heterocycles. The summed E-state index contributed by atoms with van der Waals surface area (Å²) >= 11 is 1.72. The molecule has 1 rings (SSSR count). The molecule has 2 N–H and O–H groups in total. The van der Waals surface area contributed by atoms with Crippen molar-refractivity contribution < 1.29 is 19.1 Å². The second kappa shape index (κ2) is 12.4. The molecule has 3 amide bonds. The molecule has 0 bridgehead atoms. The Morgan fingerprint density at radius 3 is 2.38 bits per heavy atom. The molecule has 1 aromatic rings. The van der Waals surface area contributed by atoms with Crippen LogP contribution in [0.15, 0.2) is 30.3 Å². The zero-order valence-electron chi connectivity index (χ0n) is 18.0. The first-order valence-electron chi connectivity index (χ1n) is 9.67. The molecule has 7 nitrogen and oxygen atoms in total. The largest absolute Gasteiger partial charge is 0.444 e. The molecule has 29 heavy (non-hydrogen) atoms. The number of nitrogens with one attached hydrogen (secondary N) is 2. The summed E-state index contributed by atoms with van der Waals surface area (Å²) in [4.78, 5) is 38.5. The van der Waals surface area contributed by atoms with Crippen LogP contribution < -0.4 is 10.6 Å². The standard InChI is InChI=1S/C21H33N3O4S/c1-21(2,3)28-20(27)23-15-18(25)24(4)17(14-16-10-7-6-8-11-16)19(26)22-12-9-13-29-5/h6-8,10-11,17H,9,12-15H2,1-5H3,(H,22,26)(H,23,27)/t17-/m0/s1. The summed E-state index contributed by atoms with van der Waals surface area (Å²) in [5.74, 6) is 0.386. The molecule has 0 spiro atoms. The Bertz CT molecular complexity index is 662. The molecule has 0 heterocycles. The van der Waals surface area contributed by atoms with Crippen molar-refractivity contribution in [3.8, 4) is 0 Å². The van der Waals surface area contributed by atoms with Crippen molar-refractivity contribution in [2.24, 2.45) is 0 Å². The van der Waals surface area contributed by atoms with Crippen molar-refractivity contribution in [3.05, 3.63) is 35.9 Å². The molecule has 0 aliphatic rings. The van der Waals surface area contributed by atoms with Crippen LogP contribution in [0, 0.1) is 0 Å². The maximum atomic E-state index is 12.8. The fraction of sp³-hybridized carbons (Fsp3) is 0.571. The maximum Gasteiger partial charge on any atom is 0.408 e. The van der Waals surface area contributed by atoms with Gasteiger partial charge in [-0.2, -0.15) is 11.8 Å². The van der Waals surface area contributed by atoms with Crippen LogP contribution >= 0.6 is 11.8 Å². The third-order valence-corrected chi connectivity index (χ3v) is 4.74. The molecular formula is C21H33N3O4S. The molecule has 0 radical (unpaired) electrons. The summed E-state index contributed by atoms with van der Waals surface area (Å²) in [5, 5.41) is 5.36. The third-order valence-electron chi connectivity index (χ3n) is 4.04. The van der Waals surface area contributed by atoms with Crippen LogP contribution in [0.25, 0.3) is 0 Å². The number of ether oxygens (including phenoxy) is 1. The average Bonchev–Trinajstić information content (AvgIpc) is 2.66. The van der Waals surface area contributed by atoms with Gasteiger partial charge in [0.1, 0.15) is 18.2 Å². The minimum atomic E-state index is -0.667. The molecular weight excluding hydrogens is 390 g/mol. The highest BCUT2D eigenvalue weighted by Crippen LogP contribution is 2.10. The Balaban J connectivity index is 2.74. The van der Waals surface area contributed by atoms with Crippen molar-refractivity contribution in [1.82, 2.24) is 15.5 Å². The number of nitrogens with zero attached hydrogens (tertiary/aromatic N) is 1. The summed E-state index contributed by atoms with van der Waals surface area (Å²) in [5.41, 5.74) is 0.308. The van der Waals surface area contributed by atoms with Gasteiger partial charge in [-0.05, 0) is 44.8 Å². The van der Waals surface area contributed by atoms with Crippen LogP contribution in [-0.2, 0) is 20.7 Å². The van der Waals surface area contributed by atoms with E-state index in [0.29, 0.717) is 13.0 Å². The predicted molar refractivity (Wildman–Crippen MR) is 117 cm³/mol. The third kappa shape index (κ3) is 10.2. The molecule has 0 aromatic heterocycles. The Hall–Kier alpha value is -2.22. The smallest absolute Gasteiger partial charge is 0.408 e. The predicted octanol–water partition coefficient (Wildman–Crippen LogP) is 2.45. The van der Waals surface area contributed by atoms with Crippen LogP contribution in [0.1, 0.15) is 32.8 Å². The van der Waals surface area contributed by atoms with Crippen LogP contribution in [0.2, 0.25) is 0 Å². The van der Waals surface area contributed by atoms with E-state index in [9.17, 15) is 14.4 Å². The Labute approximate surface area is 177 Å². The SMILES string of the molecule is CSCCCNC(=O)[C@H](Cc1ccccc1)N(C)C(=O)CNC(=O)OC(C)(C)C. The molecule has 1 atom stereocenters. The zero-order chi connectivity index (χ0) is 21.9. The lowest BCUT2D eigenvalue weighted by Gasteiger charge is -2.28. The van der Waals surface area contributed by atoms with E-state index in [1.807, 2.05) is 36.6 Å². The number of amides is 3. The minimum Gasteiger partial charge on any atom is -0.444 e. The van der Waals surface area contributed by atoms with E-state index in [4.69, 9.17) is 4.74 Å². The van der Waals surface area contributed by atoms with Gasteiger partial charge in [0.2, 0.25) is 11.8 Å². The molecule has 0 saturated heterocycles. The lowest BCUT2D eigenvalue weighted by atomic mass is 10.0. The number of carbonyl (C=O) groups is 3. The number of benzene rings is 1. The number of carbonyl (C=O) groups excluding carboxylic acids is 3. The minimum absolute atomic E-state index is 0.205. The van der Waals surface area contributed by atoms with Gasteiger partial charge in [0.15, 0.2) is 0 Å². The van der Waals surface area contributed by atoms with Crippen molar-refractivity contribution in [2.75, 3.05) is 32.1 Å². The van der Waals surface area contributed by atoms with Crippen LogP contribution in [0.3, 0.4) is 0 Å². The zero-order valence-corrected chi connectivity index (χ0v) is 18.8. The number of hydrogen-bond donors (Lipinski definition) is 2. The summed E-state index contributed by atoms with van der Waals surface area (Å²) in [6, 6.07) is 8.88. The van der Waals surface area contributed by atoms with Gasteiger partial charge in [-0.3, -0.25) is 9.59 Å². The average molecular weight is 424 g/mol. The van der Waals surface area contributed by atoms with Gasteiger partial charge in [0.25, 0.3) is 0 Å². The lowest BCUT2D eigenvalue weighted by molar-refractivity contribution is -0.138. The van der Waals surface area contributed by atoms with Crippen molar-refractivity contribution >= 4 is 29.7 Å². The number of rotatable bonds is 10. The fourth-order valence-electron chi connectivity index (χ4n) is 2.55. The Morgan fingerprint density at radius 1 is 1.14 bits per heavy atom. The van der Waals surface area contributed by atoms with E-state index in [1.165, 1.54) is 4.90 Å². The summed E-state index contributed by atoms with van der Waals surface area (Å²) in [6.45, 7) is 5.56. The van der Waals surface area contributed by atoms with Crippen molar-refractivity contribution in [1.29, 1.82) is 0 Å². The Kier molecular flexibility index (Phi) is 10.6. The molecule has 8 heteroatoms. The molecule has 1 aromatic carbocycles. The Morgan fingerprint density at radius 2 is 1.79 bits per heavy atom. The molecule has 0 aliphatic carbocycles. The number of thioether (sulfide) groups is 1. The van der Waals surface area contributed by atoms with Crippen molar-refractivity contribution in [2.45, 2.75) is 45.3 Å². The van der Waals surface area contributed by atoms with E-state index in [0.717, 1.165) is 17.7 Å². The summed E-state index contributed by atoms with van der Waals surface area (Å²) < 4.78 is 5.15. The molecule has 0 fully saturated rings. The van der Waals surface area contributed by atoms with Gasteiger partial charge in [-0.25, -0.2) is 4.79 Å². The van der Waals surface area contributed by atoms with E-state index < -0.39 is 17.7 Å². The van der Waals surface area contributed by atoms with Crippen molar-refractivity contribution in [3.63, 3.8) is 0 Å². The van der Waals surface area contributed by atoms with E-state index in [2.05, 4.69) is 10.6 Å². The molecule has 0 unspecified atom stereocenters. The van der Waals surface area contributed by atoms with Gasteiger partial charge in [0, 0.05) is 20.0 Å². The second-order valence-corrected chi connectivity index (χ2v) is 8.69. The highest BCUT2D eigenvalue weighted by atomic mass is 32.2. The quantitative estimate of drug-likeness (QED) is 0.565. The monoisotopic (exact) mass is 423 g/mol. The molecule has 162 valence electrons.